The molecule has 1 aromatic rings. The van der Waals surface area contributed by atoms with Crippen LogP contribution in [-0.4, -0.2) is 69.2 Å². The summed E-state index contributed by atoms with van der Waals surface area (Å²) in [5.41, 5.74) is -0.227. The number of anilines is 2. The average molecular weight is 464 g/mol. The van der Waals surface area contributed by atoms with E-state index in [1.54, 1.807) is 0 Å². The minimum Gasteiger partial charge on any atom is -0.442 e. The summed E-state index contributed by atoms with van der Waals surface area (Å²) in [6.45, 7) is 2.54. The topological polar surface area (TPSA) is 108 Å². The van der Waals surface area contributed by atoms with Gasteiger partial charge in [-0.1, -0.05) is 19.1 Å². The molecule has 1 amide bonds. The number of piperazine rings is 1. The Balaban J connectivity index is 1.71. The monoisotopic (exact) mass is 463 g/mol. The van der Waals surface area contributed by atoms with Gasteiger partial charge in [0.1, 0.15) is 11.8 Å². The Morgan fingerprint density at radius 2 is 1.87 bits per heavy atom. The first-order valence-corrected chi connectivity index (χ1v) is 11.3. The van der Waals surface area contributed by atoms with Gasteiger partial charge in [0.15, 0.2) is 11.6 Å². The van der Waals surface area contributed by atoms with Gasteiger partial charge in [0.2, 0.25) is 0 Å². The molecule has 0 bridgehead atoms. The molecule has 0 aromatic heterocycles. The first-order valence-electron chi connectivity index (χ1n) is 9.37. The van der Waals surface area contributed by atoms with Crippen molar-refractivity contribution >= 4 is 44.9 Å². The Kier molecular flexibility index (Phi) is 6.75. The molecule has 9 nitrogen and oxygen atoms in total. The smallest absolute Gasteiger partial charge is 0.414 e. The standard InChI is InChI=1S/C17H23F2N5O4S2/c1-2-15(29)21-9-12-10-24(17(25)28-12)11-7-13(18)16(14(19)8-11)22-3-5-23(6-4-22)30(20,26)27/h7-8,12H,2-6,9-10H2,1H3,(H,21,29)(H2,20,26,27)/t12-/m0/s1. The maximum atomic E-state index is 14.8. The first kappa shape index (κ1) is 22.6. The molecule has 13 heteroatoms. The highest BCUT2D eigenvalue weighted by molar-refractivity contribution is 7.86. The lowest BCUT2D eigenvalue weighted by Gasteiger charge is -2.34. The van der Waals surface area contributed by atoms with Crippen LogP contribution in [0.4, 0.5) is 25.0 Å². The predicted molar refractivity (Wildman–Crippen MR) is 112 cm³/mol. The van der Waals surface area contributed by atoms with Gasteiger partial charge in [-0.25, -0.2) is 18.7 Å². The second kappa shape index (κ2) is 8.96. The minimum atomic E-state index is -3.85. The van der Waals surface area contributed by atoms with E-state index in [1.165, 1.54) is 4.90 Å². The number of benzene rings is 1. The van der Waals surface area contributed by atoms with Crippen LogP contribution in [-0.2, 0) is 14.9 Å². The van der Waals surface area contributed by atoms with E-state index < -0.39 is 34.0 Å². The number of carbonyl (C=O) groups excluding carboxylic acids is 1. The summed E-state index contributed by atoms with van der Waals surface area (Å²) in [6, 6.07) is 2.14. The first-order chi connectivity index (χ1) is 14.1. The molecule has 2 saturated heterocycles. The zero-order valence-electron chi connectivity index (χ0n) is 16.3. The number of carbonyl (C=O) groups is 1. The quantitative estimate of drug-likeness (QED) is 0.605. The van der Waals surface area contributed by atoms with Crippen molar-refractivity contribution in [1.82, 2.24) is 9.62 Å². The highest BCUT2D eigenvalue weighted by Crippen LogP contribution is 2.31. The molecule has 2 fully saturated rings. The molecule has 1 atom stereocenters. The third-order valence-corrected chi connectivity index (χ3v) is 6.47. The van der Waals surface area contributed by atoms with Crippen LogP contribution >= 0.6 is 12.2 Å². The summed E-state index contributed by atoms with van der Waals surface area (Å²) in [7, 11) is -3.85. The normalized spacial score (nSPS) is 20.4. The van der Waals surface area contributed by atoms with Gasteiger partial charge in [0, 0.05) is 38.3 Å². The molecule has 0 aliphatic carbocycles. The number of nitrogens with two attached hydrogens (primary N) is 1. The number of nitrogens with zero attached hydrogens (tertiary/aromatic N) is 3. The number of rotatable bonds is 6. The largest absolute Gasteiger partial charge is 0.442 e. The fourth-order valence-corrected chi connectivity index (χ4v) is 4.12. The Hall–Kier alpha value is -2.09. The van der Waals surface area contributed by atoms with Crippen LogP contribution in [0.3, 0.4) is 0 Å². The molecule has 0 saturated carbocycles. The zero-order chi connectivity index (χ0) is 22.1. The lowest BCUT2D eigenvalue weighted by atomic mass is 10.2. The van der Waals surface area contributed by atoms with E-state index >= 15 is 0 Å². The predicted octanol–water partition coefficient (Wildman–Crippen LogP) is 0.943. The molecule has 0 radical (unpaired) electrons. The van der Waals surface area contributed by atoms with E-state index in [1.807, 2.05) is 6.92 Å². The number of hydrogen-bond acceptors (Lipinski definition) is 6. The van der Waals surface area contributed by atoms with E-state index in [4.69, 9.17) is 22.1 Å². The van der Waals surface area contributed by atoms with Crippen molar-refractivity contribution in [1.29, 1.82) is 0 Å². The molecule has 3 rings (SSSR count). The maximum Gasteiger partial charge on any atom is 0.414 e. The van der Waals surface area contributed by atoms with Crippen LogP contribution < -0.4 is 20.3 Å². The molecule has 2 aliphatic heterocycles. The van der Waals surface area contributed by atoms with E-state index in [0.717, 1.165) is 21.3 Å². The molecule has 3 N–H and O–H groups in total. The van der Waals surface area contributed by atoms with Crippen LogP contribution in [0.2, 0.25) is 0 Å². The van der Waals surface area contributed by atoms with Crippen LogP contribution in [0.15, 0.2) is 12.1 Å². The summed E-state index contributed by atoms with van der Waals surface area (Å²) >= 11 is 5.07. The van der Waals surface area contributed by atoms with E-state index in [9.17, 15) is 22.0 Å². The van der Waals surface area contributed by atoms with E-state index in [0.29, 0.717) is 18.0 Å². The van der Waals surface area contributed by atoms with Crippen molar-refractivity contribution in [3.8, 4) is 0 Å². The van der Waals surface area contributed by atoms with Crippen molar-refractivity contribution in [2.45, 2.75) is 19.4 Å². The maximum absolute atomic E-state index is 14.8. The molecule has 0 spiro atoms. The Morgan fingerprint density at radius 3 is 2.40 bits per heavy atom. The average Bonchev–Trinajstić information content (AvgIpc) is 3.06. The van der Waals surface area contributed by atoms with Crippen LogP contribution in [0.5, 0.6) is 0 Å². The minimum absolute atomic E-state index is 0.0201. The third kappa shape index (κ3) is 4.96. The summed E-state index contributed by atoms with van der Waals surface area (Å²) < 4.78 is 58.6. The molecular weight excluding hydrogens is 440 g/mol. The lowest BCUT2D eigenvalue weighted by molar-refractivity contribution is 0.143. The number of cyclic esters (lactones) is 1. The number of thiocarbonyl (C=S) groups is 1. The number of ether oxygens (including phenoxy) is 1. The van der Waals surface area contributed by atoms with Crippen LogP contribution in [0.25, 0.3) is 0 Å². The summed E-state index contributed by atoms with van der Waals surface area (Å²) in [5, 5.41) is 8.06. The van der Waals surface area contributed by atoms with Crippen LogP contribution in [0.1, 0.15) is 13.3 Å². The summed E-state index contributed by atoms with van der Waals surface area (Å²) in [4.78, 5) is 15.4. The summed E-state index contributed by atoms with van der Waals surface area (Å²) in [5.74, 6) is -1.70. The number of hydrogen-bond donors (Lipinski definition) is 2. The van der Waals surface area contributed by atoms with Gasteiger partial charge in [0.05, 0.1) is 23.8 Å². The fraction of sp³-hybridized carbons (Fsp3) is 0.529. The van der Waals surface area contributed by atoms with Gasteiger partial charge in [-0.3, -0.25) is 4.90 Å². The molecule has 0 unspecified atom stereocenters. The van der Waals surface area contributed by atoms with Gasteiger partial charge < -0.3 is 15.0 Å². The second-order valence-corrected chi connectivity index (χ2v) is 9.00. The van der Waals surface area contributed by atoms with Gasteiger partial charge in [-0.2, -0.15) is 12.7 Å². The van der Waals surface area contributed by atoms with Crippen molar-refractivity contribution in [3.05, 3.63) is 23.8 Å². The molecule has 30 heavy (non-hydrogen) atoms. The molecule has 2 aliphatic rings. The molecular formula is C17H23F2N5O4S2. The third-order valence-electron chi connectivity index (χ3n) is 4.95. The Bertz CT molecular complexity index is 915. The number of nitrogens with one attached hydrogen (secondary N) is 1. The van der Waals surface area contributed by atoms with Gasteiger partial charge in [-0.15, -0.1) is 0 Å². The van der Waals surface area contributed by atoms with E-state index in [-0.39, 0.29) is 44.1 Å². The van der Waals surface area contributed by atoms with Gasteiger partial charge in [-0.05, 0) is 6.42 Å². The van der Waals surface area contributed by atoms with Crippen LogP contribution in [0, 0.1) is 11.6 Å². The van der Waals surface area contributed by atoms with Crippen molar-refractivity contribution in [3.63, 3.8) is 0 Å². The second-order valence-electron chi connectivity index (χ2n) is 6.96. The number of halogens is 2. The zero-order valence-corrected chi connectivity index (χ0v) is 17.9. The highest BCUT2D eigenvalue weighted by Gasteiger charge is 2.34. The molecule has 166 valence electrons. The van der Waals surface area contributed by atoms with Crippen molar-refractivity contribution in [2.24, 2.45) is 5.14 Å². The lowest BCUT2D eigenvalue weighted by Crippen LogP contribution is -2.51. The molecule has 1 aromatic carbocycles. The summed E-state index contributed by atoms with van der Waals surface area (Å²) in [6.07, 6.45) is -0.542. The van der Waals surface area contributed by atoms with E-state index in [2.05, 4.69) is 5.32 Å². The highest BCUT2D eigenvalue weighted by atomic mass is 32.2. The Labute approximate surface area is 178 Å². The number of amides is 1. The van der Waals surface area contributed by atoms with Gasteiger partial charge >= 0.3 is 6.09 Å². The van der Waals surface area contributed by atoms with Crippen molar-refractivity contribution < 1.29 is 26.7 Å². The fourth-order valence-electron chi connectivity index (χ4n) is 3.37. The Morgan fingerprint density at radius 1 is 1.27 bits per heavy atom. The molecule has 2 heterocycles. The SMILES string of the molecule is CCC(=S)NC[C@H]1CN(c2cc(F)c(N3CCN(S(N)(=O)=O)CC3)c(F)c2)C(=O)O1. The van der Waals surface area contributed by atoms with Gasteiger partial charge in [0.25, 0.3) is 10.2 Å². The van der Waals surface area contributed by atoms with Crippen molar-refractivity contribution in [2.75, 3.05) is 49.1 Å².